The van der Waals surface area contributed by atoms with Crippen molar-refractivity contribution in [1.29, 1.82) is 0 Å². The number of thioether (sulfide) groups is 1. The molecule has 1 heterocycles. The summed E-state index contributed by atoms with van der Waals surface area (Å²) in [5.74, 6) is -3.17. The Bertz CT molecular complexity index is 632. The maximum atomic E-state index is 13.0. The molecule has 0 spiro atoms. The van der Waals surface area contributed by atoms with E-state index in [4.69, 9.17) is 5.11 Å². The Morgan fingerprint density at radius 1 is 1.32 bits per heavy atom. The Morgan fingerprint density at radius 2 is 1.95 bits per heavy atom. The second-order valence-corrected chi connectivity index (χ2v) is 5.67. The quantitative estimate of drug-likeness (QED) is 0.855. The molecule has 1 aliphatic heterocycles. The van der Waals surface area contributed by atoms with Crippen molar-refractivity contribution in [2.75, 3.05) is 10.7 Å². The first-order valence-electron chi connectivity index (χ1n) is 6.08. The zero-order chi connectivity index (χ0) is 16.5. The molecule has 1 fully saturated rings. The van der Waals surface area contributed by atoms with Crippen molar-refractivity contribution in [2.45, 2.75) is 17.8 Å². The SMILES string of the molecule is O=C(O)CSC1CC(=O)N(c2ccccc2C(F)(F)F)C1=O. The van der Waals surface area contributed by atoms with Crippen LogP contribution in [0.25, 0.3) is 0 Å². The van der Waals surface area contributed by atoms with E-state index in [1.807, 2.05) is 0 Å². The molecule has 2 amide bonds. The molecule has 1 aromatic carbocycles. The summed E-state index contributed by atoms with van der Waals surface area (Å²) >= 11 is 0.723. The highest BCUT2D eigenvalue weighted by molar-refractivity contribution is 8.01. The number of hydrogen-bond acceptors (Lipinski definition) is 4. The summed E-state index contributed by atoms with van der Waals surface area (Å²) in [6.07, 6.45) is -5.02. The van der Waals surface area contributed by atoms with Gasteiger partial charge in [0, 0.05) is 6.42 Å². The molecule has 118 valence electrons. The number of hydrogen-bond donors (Lipinski definition) is 1. The van der Waals surface area contributed by atoms with Gasteiger partial charge in [0.05, 0.1) is 22.3 Å². The Kier molecular flexibility index (Phi) is 4.45. The van der Waals surface area contributed by atoms with Gasteiger partial charge in [0.1, 0.15) is 0 Å². The number of halogens is 3. The predicted octanol–water partition coefficient (Wildman–Crippen LogP) is 2.16. The molecule has 2 rings (SSSR count). The number of anilines is 1. The number of benzene rings is 1. The molecule has 1 saturated heterocycles. The molecular formula is C13H10F3NO4S. The van der Waals surface area contributed by atoms with E-state index in [9.17, 15) is 27.6 Å². The summed E-state index contributed by atoms with van der Waals surface area (Å²) in [6, 6.07) is 4.29. The third-order valence-electron chi connectivity index (χ3n) is 2.96. The number of carbonyl (C=O) groups is 3. The lowest BCUT2D eigenvalue weighted by Crippen LogP contribution is -2.33. The number of imide groups is 1. The van der Waals surface area contributed by atoms with Crippen LogP contribution in [0.2, 0.25) is 0 Å². The lowest BCUT2D eigenvalue weighted by atomic mass is 10.1. The number of nitrogens with zero attached hydrogens (tertiary/aromatic N) is 1. The van der Waals surface area contributed by atoms with Crippen molar-refractivity contribution in [3.63, 3.8) is 0 Å². The number of carboxylic acid groups (broad SMARTS) is 1. The highest BCUT2D eigenvalue weighted by atomic mass is 32.2. The molecule has 1 N–H and O–H groups in total. The van der Waals surface area contributed by atoms with Crippen molar-refractivity contribution in [2.24, 2.45) is 0 Å². The first-order valence-corrected chi connectivity index (χ1v) is 7.13. The molecule has 0 bridgehead atoms. The minimum Gasteiger partial charge on any atom is -0.481 e. The van der Waals surface area contributed by atoms with Crippen LogP contribution in [0.3, 0.4) is 0 Å². The molecule has 5 nitrogen and oxygen atoms in total. The first kappa shape index (κ1) is 16.3. The zero-order valence-electron chi connectivity index (χ0n) is 11.0. The van der Waals surface area contributed by atoms with E-state index < -0.39 is 46.2 Å². The van der Waals surface area contributed by atoms with E-state index in [1.54, 1.807) is 0 Å². The molecule has 9 heteroatoms. The van der Waals surface area contributed by atoms with Crippen molar-refractivity contribution >= 4 is 35.2 Å². The van der Waals surface area contributed by atoms with E-state index in [0.29, 0.717) is 4.90 Å². The summed E-state index contributed by atoms with van der Waals surface area (Å²) < 4.78 is 38.9. The molecule has 0 aromatic heterocycles. The molecule has 0 radical (unpaired) electrons. The average molecular weight is 333 g/mol. The molecule has 0 saturated carbocycles. The van der Waals surface area contributed by atoms with Gasteiger partial charge in [0.2, 0.25) is 11.8 Å². The number of aliphatic carboxylic acids is 1. The number of amides is 2. The van der Waals surface area contributed by atoms with E-state index in [0.717, 1.165) is 30.0 Å². The number of rotatable bonds is 4. The fourth-order valence-electron chi connectivity index (χ4n) is 2.07. The van der Waals surface area contributed by atoms with Gasteiger partial charge in [-0.15, -0.1) is 11.8 Å². The summed E-state index contributed by atoms with van der Waals surface area (Å²) in [7, 11) is 0. The maximum Gasteiger partial charge on any atom is 0.418 e. The van der Waals surface area contributed by atoms with E-state index >= 15 is 0 Å². The van der Waals surface area contributed by atoms with Crippen LogP contribution in [0.15, 0.2) is 24.3 Å². The minimum atomic E-state index is -4.70. The monoisotopic (exact) mass is 333 g/mol. The first-order chi connectivity index (χ1) is 10.2. The van der Waals surface area contributed by atoms with Crippen LogP contribution < -0.4 is 4.90 Å². The van der Waals surface area contributed by atoms with Gasteiger partial charge in [-0.1, -0.05) is 12.1 Å². The molecule has 1 aliphatic rings. The number of para-hydroxylation sites is 1. The van der Waals surface area contributed by atoms with Crippen LogP contribution in [-0.2, 0) is 20.6 Å². The average Bonchev–Trinajstić information content (AvgIpc) is 2.70. The summed E-state index contributed by atoms with van der Waals surface area (Å²) in [6.45, 7) is 0. The smallest absolute Gasteiger partial charge is 0.418 e. The Hall–Kier alpha value is -2.03. The van der Waals surface area contributed by atoms with Crippen LogP contribution in [-0.4, -0.2) is 33.9 Å². The van der Waals surface area contributed by atoms with Gasteiger partial charge in [0.15, 0.2) is 0 Å². The molecule has 22 heavy (non-hydrogen) atoms. The van der Waals surface area contributed by atoms with Crippen molar-refractivity contribution in [1.82, 2.24) is 0 Å². The normalized spacial score (nSPS) is 18.9. The molecule has 1 unspecified atom stereocenters. The topological polar surface area (TPSA) is 74.7 Å². The Morgan fingerprint density at radius 3 is 2.55 bits per heavy atom. The second kappa shape index (κ2) is 5.99. The number of alkyl halides is 3. The fourth-order valence-corrected chi connectivity index (χ4v) is 2.92. The van der Waals surface area contributed by atoms with Crippen LogP contribution >= 0.6 is 11.8 Å². The fraction of sp³-hybridized carbons (Fsp3) is 0.308. The number of carboxylic acids is 1. The Labute approximate surface area is 127 Å². The van der Waals surface area contributed by atoms with Gasteiger partial charge in [-0.05, 0) is 12.1 Å². The van der Waals surface area contributed by atoms with Gasteiger partial charge in [-0.3, -0.25) is 14.4 Å². The van der Waals surface area contributed by atoms with Gasteiger partial charge in [-0.25, -0.2) is 4.90 Å². The van der Waals surface area contributed by atoms with E-state index in [-0.39, 0.29) is 6.42 Å². The standard InChI is InChI=1S/C13H10F3NO4S/c14-13(15,16)7-3-1-2-4-8(7)17-10(18)5-9(12(17)21)22-6-11(19)20/h1-4,9H,5-6H2,(H,19,20). The highest BCUT2D eigenvalue weighted by Gasteiger charge is 2.44. The molecule has 1 atom stereocenters. The molecule has 1 aromatic rings. The molecule has 0 aliphatic carbocycles. The largest absolute Gasteiger partial charge is 0.481 e. The van der Waals surface area contributed by atoms with Gasteiger partial charge in [-0.2, -0.15) is 13.2 Å². The van der Waals surface area contributed by atoms with Gasteiger partial charge in [0.25, 0.3) is 0 Å². The van der Waals surface area contributed by atoms with Crippen LogP contribution in [0.5, 0.6) is 0 Å². The lowest BCUT2D eigenvalue weighted by Gasteiger charge is -2.20. The zero-order valence-corrected chi connectivity index (χ0v) is 11.8. The summed E-state index contributed by atoms with van der Waals surface area (Å²) in [4.78, 5) is 35.0. The van der Waals surface area contributed by atoms with E-state index in [1.165, 1.54) is 6.07 Å². The van der Waals surface area contributed by atoms with Crippen LogP contribution in [0, 0.1) is 0 Å². The summed E-state index contributed by atoms with van der Waals surface area (Å²) in [5, 5.41) is 7.60. The Balaban J connectivity index is 2.32. The summed E-state index contributed by atoms with van der Waals surface area (Å²) in [5.41, 5.74) is -1.61. The van der Waals surface area contributed by atoms with Crippen molar-refractivity contribution in [3.05, 3.63) is 29.8 Å². The van der Waals surface area contributed by atoms with Gasteiger partial charge < -0.3 is 5.11 Å². The minimum absolute atomic E-state index is 0.316. The number of carbonyl (C=O) groups excluding carboxylic acids is 2. The van der Waals surface area contributed by atoms with Crippen LogP contribution in [0.1, 0.15) is 12.0 Å². The second-order valence-electron chi connectivity index (χ2n) is 4.48. The van der Waals surface area contributed by atoms with Crippen LogP contribution in [0.4, 0.5) is 18.9 Å². The molecular weight excluding hydrogens is 323 g/mol. The van der Waals surface area contributed by atoms with E-state index in [2.05, 4.69) is 0 Å². The van der Waals surface area contributed by atoms with Gasteiger partial charge >= 0.3 is 12.1 Å². The third-order valence-corrected chi connectivity index (χ3v) is 4.15. The lowest BCUT2D eigenvalue weighted by molar-refractivity contribution is -0.137. The van der Waals surface area contributed by atoms with Crippen molar-refractivity contribution < 1.29 is 32.7 Å². The third kappa shape index (κ3) is 3.24. The highest BCUT2D eigenvalue weighted by Crippen LogP contribution is 2.39. The maximum absolute atomic E-state index is 13.0. The predicted molar refractivity (Wildman–Crippen MR) is 72.4 cm³/mol. The van der Waals surface area contributed by atoms with Crippen molar-refractivity contribution in [3.8, 4) is 0 Å².